The van der Waals surface area contributed by atoms with Crippen molar-refractivity contribution < 1.29 is 4.79 Å². The highest BCUT2D eigenvalue weighted by atomic mass is 32.2. The molecular weight excluding hydrogens is 320 g/mol. The normalized spacial score (nSPS) is 15.3. The predicted molar refractivity (Wildman–Crippen MR) is 95.5 cm³/mol. The number of H-pyrrole nitrogens is 1. The van der Waals surface area contributed by atoms with Crippen LogP contribution in [-0.2, 0) is 11.3 Å². The second kappa shape index (κ2) is 8.87. The van der Waals surface area contributed by atoms with E-state index in [1.807, 2.05) is 23.2 Å². The van der Waals surface area contributed by atoms with Crippen molar-refractivity contribution in [3.8, 4) is 0 Å². The fourth-order valence-corrected chi connectivity index (χ4v) is 3.96. The van der Waals surface area contributed by atoms with Gasteiger partial charge < -0.3 is 9.88 Å². The van der Waals surface area contributed by atoms with Crippen LogP contribution in [0.4, 0.5) is 0 Å². The van der Waals surface area contributed by atoms with E-state index >= 15 is 0 Å². The summed E-state index contributed by atoms with van der Waals surface area (Å²) in [6.07, 6.45) is 13.5. The van der Waals surface area contributed by atoms with Gasteiger partial charge in [-0.2, -0.15) is 0 Å². The van der Waals surface area contributed by atoms with Gasteiger partial charge in [0.05, 0.1) is 12.3 Å². The standard InChI is InChI=1S/C18H24N4OS/c23-18(14-24-16-6-8-19-9-7-16)22(13-17-20-10-11-21-17)12-15-4-2-1-3-5-15/h6-11,15H,1-5,12-14H2,(H,20,21). The van der Waals surface area contributed by atoms with E-state index in [-0.39, 0.29) is 5.91 Å². The van der Waals surface area contributed by atoms with E-state index in [1.165, 1.54) is 32.1 Å². The molecule has 1 saturated carbocycles. The molecule has 0 radical (unpaired) electrons. The Hall–Kier alpha value is -1.82. The minimum Gasteiger partial charge on any atom is -0.347 e. The Labute approximate surface area is 147 Å². The maximum absolute atomic E-state index is 12.8. The topological polar surface area (TPSA) is 61.9 Å². The van der Waals surface area contributed by atoms with Gasteiger partial charge in [0.2, 0.25) is 5.91 Å². The lowest BCUT2D eigenvalue weighted by atomic mass is 9.89. The number of carbonyl (C=O) groups excluding carboxylic acids is 1. The van der Waals surface area contributed by atoms with Crippen molar-refractivity contribution in [3.05, 3.63) is 42.7 Å². The molecule has 1 aliphatic rings. The van der Waals surface area contributed by atoms with Crippen molar-refractivity contribution in [1.29, 1.82) is 0 Å². The molecule has 0 aliphatic heterocycles. The van der Waals surface area contributed by atoms with Crippen molar-refractivity contribution in [2.24, 2.45) is 5.92 Å². The van der Waals surface area contributed by atoms with Gasteiger partial charge >= 0.3 is 0 Å². The summed E-state index contributed by atoms with van der Waals surface area (Å²) in [6.45, 7) is 1.41. The molecule has 1 amide bonds. The van der Waals surface area contributed by atoms with E-state index in [9.17, 15) is 4.79 Å². The van der Waals surface area contributed by atoms with Crippen molar-refractivity contribution in [2.75, 3.05) is 12.3 Å². The summed E-state index contributed by atoms with van der Waals surface area (Å²) in [4.78, 5) is 27.2. The Kier molecular flexibility index (Phi) is 6.29. The SMILES string of the molecule is O=C(CSc1ccncc1)N(Cc1ncc[nH]1)CC1CCCCC1. The van der Waals surface area contributed by atoms with E-state index in [4.69, 9.17) is 0 Å². The summed E-state index contributed by atoms with van der Waals surface area (Å²) in [7, 11) is 0. The fraction of sp³-hybridized carbons (Fsp3) is 0.500. The minimum absolute atomic E-state index is 0.179. The molecule has 2 aromatic rings. The summed E-state index contributed by atoms with van der Waals surface area (Å²) in [5, 5.41) is 0. The number of aromatic nitrogens is 3. The van der Waals surface area contributed by atoms with Crippen molar-refractivity contribution in [2.45, 2.75) is 43.5 Å². The average molecular weight is 344 g/mol. The van der Waals surface area contributed by atoms with Crippen LogP contribution in [-0.4, -0.2) is 38.1 Å². The van der Waals surface area contributed by atoms with Crippen LogP contribution in [0.5, 0.6) is 0 Å². The lowest BCUT2D eigenvalue weighted by molar-refractivity contribution is -0.129. The number of amides is 1. The molecule has 3 rings (SSSR count). The quantitative estimate of drug-likeness (QED) is 0.781. The number of hydrogen-bond donors (Lipinski definition) is 1. The highest BCUT2D eigenvalue weighted by Crippen LogP contribution is 2.25. The molecule has 128 valence electrons. The van der Waals surface area contributed by atoms with E-state index < -0.39 is 0 Å². The third kappa shape index (κ3) is 5.09. The maximum Gasteiger partial charge on any atom is 0.233 e. The van der Waals surface area contributed by atoms with Gasteiger partial charge in [-0.1, -0.05) is 19.3 Å². The van der Waals surface area contributed by atoms with E-state index in [2.05, 4.69) is 15.0 Å². The molecule has 0 saturated heterocycles. The van der Waals surface area contributed by atoms with Gasteiger partial charge in [0.15, 0.2) is 0 Å². The lowest BCUT2D eigenvalue weighted by Crippen LogP contribution is -2.37. The van der Waals surface area contributed by atoms with Crippen LogP contribution < -0.4 is 0 Å². The van der Waals surface area contributed by atoms with Crippen LogP contribution in [0.1, 0.15) is 37.9 Å². The zero-order valence-corrected chi connectivity index (χ0v) is 14.7. The van der Waals surface area contributed by atoms with Gasteiger partial charge in [-0.05, 0) is 30.9 Å². The molecule has 0 atom stereocenters. The molecule has 0 bridgehead atoms. The Morgan fingerprint density at radius 1 is 1.21 bits per heavy atom. The van der Waals surface area contributed by atoms with Crippen LogP contribution in [0.15, 0.2) is 41.8 Å². The Bertz CT molecular complexity index is 611. The molecule has 1 aliphatic carbocycles. The van der Waals surface area contributed by atoms with Gasteiger partial charge in [-0.15, -0.1) is 11.8 Å². The van der Waals surface area contributed by atoms with E-state index in [0.717, 1.165) is 17.3 Å². The largest absolute Gasteiger partial charge is 0.347 e. The summed E-state index contributed by atoms with van der Waals surface area (Å²) >= 11 is 1.57. The number of thioether (sulfide) groups is 1. The summed E-state index contributed by atoms with van der Waals surface area (Å²) in [6, 6.07) is 3.88. The molecule has 1 N–H and O–H groups in total. The Morgan fingerprint density at radius 3 is 2.71 bits per heavy atom. The second-order valence-electron chi connectivity index (χ2n) is 6.29. The Balaban J connectivity index is 1.59. The summed E-state index contributed by atoms with van der Waals surface area (Å²) in [5.74, 6) is 2.12. The molecule has 2 heterocycles. The van der Waals surface area contributed by atoms with Crippen LogP contribution in [0, 0.1) is 5.92 Å². The Morgan fingerprint density at radius 2 is 2.00 bits per heavy atom. The molecule has 1 fully saturated rings. The summed E-state index contributed by atoms with van der Waals surface area (Å²) < 4.78 is 0. The number of hydrogen-bond acceptors (Lipinski definition) is 4. The lowest BCUT2D eigenvalue weighted by Gasteiger charge is -2.29. The van der Waals surface area contributed by atoms with Gasteiger partial charge in [0, 0.05) is 36.2 Å². The molecule has 5 nitrogen and oxygen atoms in total. The minimum atomic E-state index is 0.179. The first kappa shape index (κ1) is 17.0. The molecule has 2 aromatic heterocycles. The molecule has 0 unspecified atom stereocenters. The van der Waals surface area contributed by atoms with Crippen LogP contribution in [0.25, 0.3) is 0 Å². The molecule has 0 spiro atoms. The third-order valence-corrected chi connectivity index (χ3v) is 5.46. The molecular formula is C18H24N4OS. The smallest absolute Gasteiger partial charge is 0.233 e. The third-order valence-electron chi connectivity index (χ3n) is 4.46. The fourth-order valence-electron chi connectivity index (χ4n) is 3.17. The average Bonchev–Trinajstić information content (AvgIpc) is 3.14. The highest BCUT2D eigenvalue weighted by molar-refractivity contribution is 8.00. The van der Waals surface area contributed by atoms with Crippen LogP contribution in [0.3, 0.4) is 0 Å². The monoisotopic (exact) mass is 344 g/mol. The first-order chi connectivity index (χ1) is 11.8. The van der Waals surface area contributed by atoms with Crippen LogP contribution >= 0.6 is 11.8 Å². The number of nitrogens with zero attached hydrogens (tertiary/aromatic N) is 3. The number of aromatic amines is 1. The number of carbonyl (C=O) groups is 1. The first-order valence-corrected chi connectivity index (χ1v) is 9.58. The number of imidazole rings is 1. The van der Waals surface area contributed by atoms with Crippen molar-refractivity contribution in [3.63, 3.8) is 0 Å². The van der Waals surface area contributed by atoms with Gasteiger partial charge in [0.1, 0.15) is 5.82 Å². The maximum atomic E-state index is 12.8. The number of rotatable bonds is 7. The summed E-state index contributed by atoms with van der Waals surface area (Å²) in [5.41, 5.74) is 0. The van der Waals surface area contributed by atoms with Crippen molar-refractivity contribution >= 4 is 17.7 Å². The van der Waals surface area contributed by atoms with E-state index in [1.54, 1.807) is 30.4 Å². The van der Waals surface area contributed by atoms with E-state index in [0.29, 0.717) is 18.2 Å². The molecule has 6 heteroatoms. The van der Waals surface area contributed by atoms with Gasteiger partial charge in [0.25, 0.3) is 0 Å². The van der Waals surface area contributed by atoms with Crippen molar-refractivity contribution in [1.82, 2.24) is 19.9 Å². The number of nitrogens with one attached hydrogen (secondary N) is 1. The number of pyridine rings is 1. The first-order valence-electron chi connectivity index (χ1n) is 8.60. The zero-order chi connectivity index (χ0) is 16.6. The second-order valence-corrected chi connectivity index (χ2v) is 7.33. The molecule has 0 aromatic carbocycles. The van der Waals surface area contributed by atoms with Gasteiger partial charge in [-0.25, -0.2) is 4.98 Å². The molecule has 24 heavy (non-hydrogen) atoms. The highest BCUT2D eigenvalue weighted by Gasteiger charge is 2.21. The predicted octanol–water partition coefficient (Wildman–Crippen LogP) is 3.51. The van der Waals surface area contributed by atoms with Gasteiger partial charge in [-0.3, -0.25) is 9.78 Å². The van der Waals surface area contributed by atoms with Crippen LogP contribution in [0.2, 0.25) is 0 Å². The zero-order valence-electron chi connectivity index (χ0n) is 13.9.